The Morgan fingerprint density at radius 3 is 2.47 bits per heavy atom. The lowest BCUT2D eigenvalue weighted by Crippen LogP contribution is -2.49. The number of hydrogen-bond acceptors (Lipinski definition) is 6. The van der Waals surface area contributed by atoms with Crippen LogP contribution >= 0.6 is 0 Å². The van der Waals surface area contributed by atoms with Crippen LogP contribution in [0.4, 0.5) is 25.4 Å². The summed E-state index contributed by atoms with van der Waals surface area (Å²) in [5.74, 6) is -0.340. The normalized spacial score (nSPS) is 15.6. The molecule has 34 heavy (non-hydrogen) atoms. The van der Waals surface area contributed by atoms with Crippen LogP contribution in [0.15, 0.2) is 47.4 Å². The Morgan fingerprint density at radius 1 is 1.18 bits per heavy atom. The summed E-state index contributed by atoms with van der Waals surface area (Å²) in [4.78, 5) is 23.6. The first-order valence-electron chi connectivity index (χ1n) is 10.4. The van der Waals surface area contributed by atoms with E-state index in [4.69, 9.17) is 9.47 Å². The predicted molar refractivity (Wildman–Crippen MR) is 124 cm³/mol. The second-order valence-electron chi connectivity index (χ2n) is 8.50. The first kappa shape index (κ1) is 25.1. The number of urea groups is 1. The van der Waals surface area contributed by atoms with E-state index in [1.807, 2.05) is 0 Å². The van der Waals surface area contributed by atoms with Crippen molar-refractivity contribution in [3.8, 4) is 5.75 Å². The smallest absolute Gasteiger partial charge is 0.412 e. The zero-order valence-corrected chi connectivity index (χ0v) is 20.0. The highest BCUT2D eigenvalue weighted by Gasteiger charge is 2.35. The molecule has 0 unspecified atom stereocenters. The highest BCUT2D eigenvalue weighted by molar-refractivity contribution is 7.92. The molecule has 0 saturated carbocycles. The Bertz CT molecular complexity index is 1160. The fraction of sp³-hybridized carbons (Fsp3) is 0.364. The van der Waals surface area contributed by atoms with E-state index in [9.17, 15) is 22.4 Å². The van der Waals surface area contributed by atoms with Crippen LogP contribution in [0.1, 0.15) is 20.8 Å². The number of halogens is 1. The molecule has 1 heterocycles. The van der Waals surface area contributed by atoms with E-state index in [1.54, 1.807) is 26.8 Å². The molecule has 3 amide bonds. The molecule has 0 aliphatic carbocycles. The van der Waals surface area contributed by atoms with Crippen molar-refractivity contribution < 1.29 is 31.9 Å². The second kappa shape index (κ2) is 9.75. The summed E-state index contributed by atoms with van der Waals surface area (Å²) in [6, 6.07) is 8.50. The predicted octanol–water partition coefficient (Wildman–Crippen LogP) is 3.06. The monoisotopic (exact) mass is 494 g/mol. The summed E-state index contributed by atoms with van der Waals surface area (Å²) in [6.45, 7) is 5.06. The fourth-order valence-electron chi connectivity index (χ4n) is 3.17. The van der Waals surface area contributed by atoms with Crippen molar-refractivity contribution in [1.82, 2.24) is 10.6 Å². The number of rotatable bonds is 5. The van der Waals surface area contributed by atoms with Crippen LogP contribution in [-0.4, -0.2) is 52.4 Å². The van der Waals surface area contributed by atoms with E-state index in [2.05, 4.69) is 16.0 Å². The van der Waals surface area contributed by atoms with Crippen molar-refractivity contribution in [3.63, 3.8) is 0 Å². The molecule has 1 aliphatic heterocycles. The van der Waals surface area contributed by atoms with E-state index in [0.29, 0.717) is 0 Å². The standard InChI is InChI=1S/C22H27FN4O6S/c1-22(2,3)33-21(29)26-15-7-10-19-18(11-15)27(13-16(32-19)12-25-20(28)24-4)34(30,31)17-8-5-14(23)6-9-17/h5-11,16H,12-13H2,1-4H3,(H,26,29)(H2,24,25,28)/t16-/m0/s1. The number of nitrogens with zero attached hydrogens (tertiary/aromatic N) is 1. The van der Waals surface area contributed by atoms with Gasteiger partial charge in [0.2, 0.25) is 0 Å². The van der Waals surface area contributed by atoms with Gasteiger partial charge in [-0.15, -0.1) is 0 Å². The van der Waals surface area contributed by atoms with Crippen molar-refractivity contribution >= 4 is 33.5 Å². The molecule has 2 aromatic carbocycles. The summed E-state index contributed by atoms with van der Waals surface area (Å²) >= 11 is 0. The number of anilines is 2. The van der Waals surface area contributed by atoms with Crippen LogP contribution in [0.3, 0.4) is 0 Å². The van der Waals surface area contributed by atoms with Crippen molar-refractivity contribution in [3.05, 3.63) is 48.3 Å². The number of benzene rings is 2. The van der Waals surface area contributed by atoms with Crippen LogP contribution in [-0.2, 0) is 14.8 Å². The van der Waals surface area contributed by atoms with Crippen LogP contribution in [0.2, 0.25) is 0 Å². The van der Waals surface area contributed by atoms with Crippen molar-refractivity contribution in [1.29, 1.82) is 0 Å². The van der Waals surface area contributed by atoms with Crippen LogP contribution in [0, 0.1) is 5.82 Å². The molecule has 0 saturated heterocycles. The molecule has 0 spiro atoms. The van der Waals surface area contributed by atoms with E-state index in [1.165, 1.54) is 31.3 Å². The second-order valence-corrected chi connectivity index (χ2v) is 10.4. The van der Waals surface area contributed by atoms with E-state index in [-0.39, 0.29) is 35.1 Å². The minimum absolute atomic E-state index is 0.0342. The molecule has 3 N–H and O–H groups in total. The SMILES string of the molecule is CNC(=O)NC[C@H]1CN(S(=O)(=O)c2ccc(F)cc2)c2cc(NC(=O)OC(C)(C)C)ccc2O1. The van der Waals surface area contributed by atoms with Gasteiger partial charge in [0, 0.05) is 12.7 Å². The van der Waals surface area contributed by atoms with Crippen molar-refractivity contribution in [2.75, 3.05) is 29.8 Å². The zero-order valence-electron chi connectivity index (χ0n) is 19.2. The molecule has 2 aromatic rings. The fourth-order valence-corrected chi connectivity index (χ4v) is 4.67. The molecule has 10 nitrogen and oxygen atoms in total. The van der Waals surface area contributed by atoms with Gasteiger partial charge in [0.15, 0.2) is 0 Å². The molecular weight excluding hydrogens is 467 g/mol. The zero-order chi connectivity index (χ0) is 25.1. The lowest BCUT2D eigenvalue weighted by Gasteiger charge is -2.35. The average Bonchev–Trinajstić information content (AvgIpc) is 2.75. The number of nitrogens with one attached hydrogen (secondary N) is 3. The highest BCUT2D eigenvalue weighted by Crippen LogP contribution is 2.39. The van der Waals surface area contributed by atoms with Gasteiger partial charge in [-0.05, 0) is 63.2 Å². The van der Waals surface area contributed by atoms with Gasteiger partial charge in [0.1, 0.15) is 23.3 Å². The lowest BCUT2D eigenvalue weighted by molar-refractivity contribution is 0.0636. The largest absolute Gasteiger partial charge is 0.484 e. The van der Waals surface area contributed by atoms with E-state index in [0.717, 1.165) is 16.4 Å². The Morgan fingerprint density at radius 2 is 1.85 bits per heavy atom. The average molecular weight is 495 g/mol. The van der Waals surface area contributed by atoms with Crippen LogP contribution in [0.25, 0.3) is 0 Å². The molecule has 1 aliphatic rings. The maximum Gasteiger partial charge on any atom is 0.412 e. The Balaban J connectivity index is 1.96. The first-order valence-corrected chi connectivity index (χ1v) is 11.9. The third-order valence-electron chi connectivity index (χ3n) is 4.65. The van der Waals surface area contributed by atoms with Crippen LogP contribution in [0.5, 0.6) is 5.75 Å². The number of hydrogen-bond donors (Lipinski definition) is 3. The Labute approximate surface area is 197 Å². The molecular formula is C22H27FN4O6S. The number of sulfonamides is 1. The van der Waals surface area contributed by atoms with Crippen LogP contribution < -0.4 is 25.0 Å². The van der Waals surface area contributed by atoms with Gasteiger partial charge in [0.05, 0.1) is 23.7 Å². The number of fused-ring (bicyclic) bond motifs is 1. The number of amides is 3. The highest BCUT2D eigenvalue weighted by atomic mass is 32.2. The minimum atomic E-state index is -4.13. The summed E-state index contributed by atoms with van der Waals surface area (Å²) < 4.78 is 52.6. The molecule has 0 fully saturated rings. The summed E-state index contributed by atoms with van der Waals surface area (Å²) in [5.41, 5.74) is -0.253. The number of ether oxygens (including phenoxy) is 2. The maximum atomic E-state index is 13.5. The summed E-state index contributed by atoms with van der Waals surface area (Å²) in [6.07, 6.45) is -1.41. The Hall–Kier alpha value is -3.54. The van der Waals surface area contributed by atoms with Gasteiger partial charge in [0.25, 0.3) is 10.0 Å². The van der Waals surface area contributed by atoms with Gasteiger partial charge in [-0.1, -0.05) is 0 Å². The Kier molecular flexibility index (Phi) is 7.20. The quantitative estimate of drug-likeness (QED) is 0.587. The van der Waals surface area contributed by atoms with Crippen molar-refractivity contribution in [2.45, 2.75) is 37.4 Å². The third kappa shape index (κ3) is 6.07. The van der Waals surface area contributed by atoms with Gasteiger partial charge < -0.3 is 20.1 Å². The molecule has 12 heteroatoms. The topological polar surface area (TPSA) is 126 Å². The van der Waals surface area contributed by atoms with Gasteiger partial charge in [-0.25, -0.2) is 22.4 Å². The summed E-state index contributed by atoms with van der Waals surface area (Å²) in [7, 11) is -2.67. The number of carbonyl (C=O) groups excluding carboxylic acids is 2. The van der Waals surface area contributed by atoms with E-state index < -0.39 is 39.7 Å². The minimum Gasteiger partial charge on any atom is -0.484 e. The van der Waals surface area contributed by atoms with Gasteiger partial charge >= 0.3 is 12.1 Å². The molecule has 1 atom stereocenters. The molecule has 0 bridgehead atoms. The molecule has 3 rings (SSSR count). The maximum absolute atomic E-state index is 13.5. The first-order chi connectivity index (χ1) is 15.9. The van der Waals surface area contributed by atoms with E-state index >= 15 is 0 Å². The van der Waals surface area contributed by atoms with Crippen molar-refractivity contribution in [2.24, 2.45) is 0 Å². The molecule has 0 radical (unpaired) electrons. The van der Waals surface area contributed by atoms with Gasteiger partial charge in [-0.3, -0.25) is 9.62 Å². The molecule has 184 valence electrons. The lowest BCUT2D eigenvalue weighted by atomic mass is 10.2. The van der Waals surface area contributed by atoms with Gasteiger partial charge in [-0.2, -0.15) is 0 Å². The third-order valence-corrected chi connectivity index (χ3v) is 6.45. The summed E-state index contributed by atoms with van der Waals surface area (Å²) in [5, 5.41) is 7.58. The molecule has 0 aromatic heterocycles. The number of carbonyl (C=O) groups is 2.